The number of benzene rings is 2. The van der Waals surface area contributed by atoms with E-state index in [1.54, 1.807) is 6.92 Å². The average Bonchev–Trinajstić information content (AvgIpc) is 2.76. The molecule has 3 aromatic rings. The highest BCUT2D eigenvalue weighted by Crippen LogP contribution is 2.36. The number of halogens is 1. The van der Waals surface area contributed by atoms with Gasteiger partial charge in [-0.05, 0) is 30.7 Å². The molecular weight excluding hydrogens is 355 g/mol. The van der Waals surface area contributed by atoms with E-state index in [2.05, 4.69) is 0 Å². The predicted molar refractivity (Wildman–Crippen MR) is 82.7 cm³/mol. The Bertz CT molecular complexity index is 786. The first-order chi connectivity index (χ1) is 9.00. The fourth-order valence-corrected chi connectivity index (χ4v) is 2.48. The lowest BCUT2D eigenvalue weighted by Gasteiger charge is -2.17. The zero-order valence-corrected chi connectivity index (χ0v) is 12.3. The number of aliphatic carboxylic acids is 1. The first-order valence-electron chi connectivity index (χ1n) is 5.84. The molecule has 96 valence electrons. The smallest absolute Gasteiger partial charge is 0.323 e. The number of hydrogen-bond acceptors (Lipinski definition) is 2. The largest absolute Gasteiger partial charge is 0.480 e. The monoisotopic (exact) mass is 366 g/mol. The second-order valence-corrected chi connectivity index (χ2v) is 6.77. The number of alkyl halides is 1. The summed E-state index contributed by atoms with van der Waals surface area (Å²) in [5, 5.41) is 11.3. The summed E-state index contributed by atoms with van der Waals surface area (Å²) in [5.74, 6) is -0.847. The van der Waals surface area contributed by atoms with Crippen molar-refractivity contribution in [2.75, 3.05) is 0 Å². The van der Waals surface area contributed by atoms with E-state index >= 15 is 0 Å². The van der Waals surface area contributed by atoms with Crippen molar-refractivity contribution in [3.63, 3.8) is 0 Å². The quantitative estimate of drug-likeness (QED) is 0.543. The SMILES string of the molecule is CC(I)(C(=O)O)c1ccc2oc3ccccc3c2c1. The van der Waals surface area contributed by atoms with Gasteiger partial charge in [0.2, 0.25) is 0 Å². The Morgan fingerprint density at radius 3 is 2.58 bits per heavy atom. The van der Waals surface area contributed by atoms with Crippen LogP contribution in [0.15, 0.2) is 46.9 Å². The van der Waals surface area contributed by atoms with Gasteiger partial charge >= 0.3 is 5.97 Å². The van der Waals surface area contributed by atoms with E-state index < -0.39 is 9.39 Å². The number of hydrogen-bond donors (Lipinski definition) is 1. The Morgan fingerprint density at radius 2 is 1.84 bits per heavy atom. The van der Waals surface area contributed by atoms with Gasteiger partial charge in [0, 0.05) is 10.8 Å². The van der Waals surface area contributed by atoms with E-state index in [0.717, 1.165) is 27.5 Å². The van der Waals surface area contributed by atoms with E-state index in [-0.39, 0.29) is 0 Å². The molecule has 0 aliphatic rings. The molecule has 0 aliphatic carbocycles. The second kappa shape index (κ2) is 4.23. The number of carboxylic acids is 1. The predicted octanol–water partition coefficient (Wildman–Crippen LogP) is 4.32. The summed E-state index contributed by atoms with van der Waals surface area (Å²) in [6.07, 6.45) is 0. The van der Waals surface area contributed by atoms with E-state index in [9.17, 15) is 9.90 Å². The molecule has 0 radical (unpaired) electrons. The van der Waals surface area contributed by atoms with Crippen molar-refractivity contribution in [1.29, 1.82) is 0 Å². The number of furan rings is 1. The van der Waals surface area contributed by atoms with Crippen molar-refractivity contribution in [2.45, 2.75) is 10.3 Å². The van der Waals surface area contributed by atoms with Gasteiger partial charge in [0.1, 0.15) is 14.6 Å². The van der Waals surface area contributed by atoms with Gasteiger partial charge in [0.05, 0.1) is 0 Å². The normalized spacial score (nSPS) is 14.6. The molecule has 3 nitrogen and oxygen atoms in total. The minimum atomic E-state index is -0.940. The molecule has 0 aliphatic heterocycles. The van der Waals surface area contributed by atoms with Gasteiger partial charge in [-0.2, -0.15) is 0 Å². The molecule has 2 aromatic carbocycles. The lowest BCUT2D eigenvalue weighted by atomic mass is 9.99. The Hall–Kier alpha value is -1.56. The van der Waals surface area contributed by atoms with Crippen molar-refractivity contribution in [2.24, 2.45) is 0 Å². The van der Waals surface area contributed by atoms with E-state index in [1.807, 2.05) is 65.1 Å². The van der Waals surface area contributed by atoms with Gasteiger partial charge in [-0.1, -0.05) is 46.9 Å². The van der Waals surface area contributed by atoms with Crippen molar-refractivity contribution < 1.29 is 14.3 Å². The van der Waals surface area contributed by atoms with Crippen molar-refractivity contribution >= 4 is 50.5 Å². The molecule has 19 heavy (non-hydrogen) atoms. The zero-order valence-electron chi connectivity index (χ0n) is 10.2. The van der Waals surface area contributed by atoms with Gasteiger partial charge in [-0.3, -0.25) is 4.79 Å². The summed E-state index contributed by atoms with van der Waals surface area (Å²) in [5.41, 5.74) is 2.36. The van der Waals surface area contributed by atoms with Crippen LogP contribution in [0.25, 0.3) is 21.9 Å². The third kappa shape index (κ3) is 1.90. The summed E-state index contributed by atoms with van der Waals surface area (Å²) < 4.78 is 4.79. The maximum absolute atomic E-state index is 11.3. The van der Waals surface area contributed by atoms with Crippen LogP contribution < -0.4 is 0 Å². The first-order valence-corrected chi connectivity index (χ1v) is 6.92. The van der Waals surface area contributed by atoms with Gasteiger partial charge in [-0.25, -0.2) is 0 Å². The lowest BCUT2D eigenvalue weighted by molar-refractivity contribution is -0.139. The van der Waals surface area contributed by atoms with Crippen molar-refractivity contribution in [3.8, 4) is 0 Å². The maximum Gasteiger partial charge on any atom is 0.323 e. The van der Waals surface area contributed by atoms with Crippen LogP contribution in [0.2, 0.25) is 0 Å². The van der Waals surface area contributed by atoms with Crippen LogP contribution in [0, 0.1) is 0 Å². The molecule has 0 bridgehead atoms. The van der Waals surface area contributed by atoms with Gasteiger partial charge in [-0.15, -0.1) is 0 Å². The molecule has 1 aromatic heterocycles. The number of carbonyl (C=O) groups is 1. The molecule has 0 spiro atoms. The topological polar surface area (TPSA) is 50.4 Å². The number of para-hydroxylation sites is 1. The molecule has 1 N–H and O–H groups in total. The van der Waals surface area contributed by atoms with Gasteiger partial charge in [0.15, 0.2) is 0 Å². The minimum Gasteiger partial charge on any atom is -0.480 e. The molecule has 3 rings (SSSR count). The molecule has 1 heterocycles. The van der Waals surface area contributed by atoms with Gasteiger partial charge < -0.3 is 9.52 Å². The standard InChI is InChI=1S/C15H11IO3/c1-15(16,14(17)18)9-6-7-13-11(8-9)10-4-2-3-5-12(10)19-13/h2-8H,1H3,(H,17,18). The third-order valence-corrected chi connectivity index (χ3v) is 4.40. The van der Waals surface area contributed by atoms with Crippen molar-refractivity contribution in [1.82, 2.24) is 0 Å². The van der Waals surface area contributed by atoms with Crippen LogP contribution in [-0.4, -0.2) is 11.1 Å². The molecule has 0 saturated carbocycles. The Balaban J connectivity index is 2.31. The number of fused-ring (bicyclic) bond motifs is 3. The van der Waals surface area contributed by atoms with E-state index in [0.29, 0.717) is 0 Å². The molecule has 0 amide bonds. The number of rotatable bonds is 2. The number of carboxylic acid groups (broad SMARTS) is 1. The maximum atomic E-state index is 11.3. The van der Waals surface area contributed by atoms with Crippen LogP contribution in [0.3, 0.4) is 0 Å². The second-order valence-electron chi connectivity index (χ2n) is 4.62. The summed E-state index contributed by atoms with van der Waals surface area (Å²) in [6, 6.07) is 13.3. The fourth-order valence-electron chi connectivity index (χ4n) is 2.14. The lowest BCUT2D eigenvalue weighted by Crippen LogP contribution is -2.24. The Labute approximate surface area is 123 Å². The summed E-state index contributed by atoms with van der Waals surface area (Å²) in [7, 11) is 0. The fraction of sp³-hybridized carbons (Fsp3) is 0.133. The van der Waals surface area contributed by atoms with Crippen LogP contribution in [0.1, 0.15) is 12.5 Å². The zero-order chi connectivity index (χ0) is 13.6. The Kier molecular flexibility index (Phi) is 2.78. The first kappa shape index (κ1) is 12.5. The van der Waals surface area contributed by atoms with Crippen LogP contribution in [0.5, 0.6) is 0 Å². The highest BCUT2D eigenvalue weighted by molar-refractivity contribution is 14.1. The summed E-state index contributed by atoms with van der Waals surface area (Å²) >= 11 is 1.96. The van der Waals surface area contributed by atoms with Crippen LogP contribution >= 0.6 is 22.6 Å². The summed E-state index contributed by atoms with van der Waals surface area (Å²) in [4.78, 5) is 11.3. The third-order valence-electron chi connectivity index (χ3n) is 3.32. The van der Waals surface area contributed by atoms with E-state index in [4.69, 9.17) is 4.42 Å². The molecule has 0 fully saturated rings. The summed E-state index contributed by atoms with van der Waals surface area (Å²) in [6.45, 7) is 1.69. The molecule has 4 heteroatoms. The molecule has 0 saturated heterocycles. The molecule has 1 atom stereocenters. The molecule has 1 unspecified atom stereocenters. The van der Waals surface area contributed by atoms with Crippen molar-refractivity contribution in [3.05, 3.63) is 48.0 Å². The average molecular weight is 366 g/mol. The highest BCUT2D eigenvalue weighted by atomic mass is 127. The van der Waals surface area contributed by atoms with E-state index in [1.165, 1.54) is 0 Å². The van der Waals surface area contributed by atoms with Gasteiger partial charge in [0.25, 0.3) is 0 Å². The van der Waals surface area contributed by atoms with Crippen LogP contribution in [-0.2, 0) is 8.22 Å². The highest BCUT2D eigenvalue weighted by Gasteiger charge is 2.32. The molecular formula is C15H11IO3. The van der Waals surface area contributed by atoms with Crippen LogP contribution in [0.4, 0.5) is 0 Å². The Morgan fingerprint density at radius 1 is 1.16 bits per heavy atom. The minimum absolute atomic E-state index is 0.764.